The van der Waals surface area contributed by atoms with E-state index in [1.54, 1.807) is 13.0 Å². The number of rotatable bonds is 2. The molecule has 0 radical (unpaired) electrons. The van der Waals surface area contributed by atoms with Gasteiger partial charge in [-0.1, -0.05) is 13.0 Å². The second kappa shape index (κ2) is 5.32. The third-order valence-corrected chi connectivity index (χ3v) is 6.68. The van der Waals surface area contributed by atoms with Crippen molar-refractivity contribution in [3.63, 3.8) is 0 Å². The summed E-state index contributed by atoms with van der Waals surface area (Å²) in [6.07, 6.45) is 6.41. The van der Waals surface area contributed by atoms with Crippen molar-refractivity contribution >= 4 is 0 Å². The summed E-state index contributed by atoms with van der Waals surface area (Å²) in [6.45, 7) is 3.82. The maximum Gasteiger partial charge on any atom is 0.229 e. The van der Waals surface area contributed by atoms with Gasteiger partial charge in [0.2, 0.25) is 5.89 Å². The van der Waals surface area contributed by atoms with E-state index in [1.807, 2.05) is 12.1 Å². The van der Waals surface area contributed by atoms with Crippen LogP contribution in [0.25, 0.3) is 0 Å². The van der Waals surface area contributed by atoms with Crippen molar-refractivity contribution in [2.75, 3.05) is 0 Å². The summed E-state index contributed by atoms with van der Waals surface area (Å²) in [6, 6.07) is 5.56. The van der Waals surface area contributed by atoms with Crippen LogP contribution in [0.2, 0.25) is 0 Å². The van der Waals surface area contributed by atoms with Crippen LogP contribution in [0, 0.1) is 5.92 Å². The molecule has 5 nitrogen and oxygen atoms in total. The van der Waals surface area contributed by atoms with E-state index in [0.717, 1.165) is 24.8 Å². The number of nitrogens with zero attached hydrogens (tertiary/aromatic N) is 1. The van der Waals surface area contributed by atoms with Crippen LogP contribution in [-0.4, -0.2) is 25.9 Å². The molecular weight excluding hydrogens is 318 g/mol. The van der Waals surface area contributed by atoms with Crippen molar-refractivity contribution in [3.8, 4) is 5.75 Å². The van der Waals surface area contributed by atoms with E-state index >= 15 is 0 Å². The Morgan fingerprint density at radius 2 is 2.12 bits per heavy atom. The average molecular weight is 343 g/mol. The van der Waals surface area contributed by atoms with Crippen LogP contribution in [0.1, 0.15) is 56.5 Å². The number of fused-ring (bicyclic) bond motifs is 3. The number of oxazole rings is 1. The van der Waals surface area contributed by atoms with E-state index in [9.17, 15) is 15.3 Å². The second-order valence-corrected chi connectivity index (χ2v) is 7.94. The number of aliphatic hydroxyl groups is 2. The Bertz CT molecular complexity index is 785. The molecular formula is C20H25NO4. The third-order valence-electron chi connectivity index (χ3n) is 6.68. The summed E-state index contributed by atoms with van der Waals surface area (Å²) >= 11 is 0. The highest BCUT2D eigenvalue weighted by molar-refractivity contribution is 5.44. The van der Waals surface area contributed by atoms with Gasteiger partial charge in [-0.25, -0.2) is 4.98 Å². The summed E-state index contributed by atoms with van der Waals surface area (Å²) < 4.78 is 5.39. The lowest BCUT2D eigenvalue weighted by molar-refractivity contribution is -0.215. The minimum absolute atomic E-state index is 0.193. The van der Waals surface area contributed by atoms with Gasteiger partial charge in [0, 0.05) is 5.41 Å². The molecule has 1 fully saturated rings. The Labute approximate surface area is 147 Å². The average Bonchev–Trinajstić information content (AvgIpc) is 3.10. The van der Waals surface area contributed by atoms with Crippen molar-refractivity contribution in [3.05, 3.63) is 47.7 Å². The number of aryl methyl sites for hydroxylation is 1. The Balaban J connectivity index is 1.83. The van der Waals surface area contributed by atoms with Gasteiger partial charge in [-0.15, -0.1) is 0 Å². The molecule has 0 aliphatic heterocycles. The molecule has 3 N–H and O–H groups in total. The van der Waals surface area contributed by atoms with Crippen molar-refractivity contribution in [2.45, 2.75) is 62.6 Å². The van der Waals surface area contributed by atoms with Crippen molar-refractivity contribution in [2.24, 2.45) is 5.92 Å². The molecule has 134 valence electrons. The molecule has 1 aromatic heterocycles. The van der Waals surface area contributed by atoms with Crippen LogP contribution in [-0.2, 0) is 17.4 Å². The highest BCUT2D eigenvalue weighted by Gasteiger charge is 2.62. The van der Waals surface area contributed by atoms with E-state index in [-0.39, 0.29) is 23.0 Å². The maximum atomic E-state index is 11.4. The molecule has 0 spiro atoms. The number of aromatic hydroxyl groups is 1. The highest BCUT2D eigenvalue weighted by atomic mass is 16.4. The van der Waals surface area contributed by atoms with Gasteiger partial charge < -0.3 is 19.7 Å². The fourth-order valence-electron chi connectivity index (χ4n) is 5.32. The maximum absolute atomic E-state index is 11.4. The highest BCUT2D eigenvalue weighted by Crippen LogP contribution is 2.59. The SMILES string of the molecule is CCC12CC(C)(O)C(O)(c3ncco3)C[C@H]1CCc1cc(O)ccc12. The minimum Gasteiger partial charge on any atom is -0.508 e. The Morgan fingerprint density at radius 1 is 1.32 bits per heavy atom. The topological polar surface area (TPSA) is 86.7 Å². The van der Waals surface area contributed by atoms with Crippen LogP contribution in [0.4, 0.5) is 0 Å². The Hall–Kier alpha value is -1.85. The normalized spacial score (nSPS) is 37.4. The summed E-state index contributed by atoms with van der Waals surface area (Å²) in [4.78, 5) is 4.14. The van der Waals surface area contributed by atoms with Gasteiger partial charge in [0.05, 0.1) is 6.20 Å². The lowest BCUT2D eigenvalue weighted by Gasteiger charge is -2.57. The monoisotopic (exact) mass is 343 g/mol. The van der Waals surface area contributed by atoms with Gasteiger partial charge in [0.15, 0.2) is 5.60 Å². The molecule has 0 saturated heterocycles. The molecule has 3 unspecified atom stereocenters. The number of benzene rings is 1. The predicted octanol–water partition coefficient (Wildman–Crippen LogP) is 3.02. The number of aromatic nitrogens is 1. The molecule has 2 aromatic rings. The molecule has 25 heavy (non-hydrogen) atoms. The Morgan fingerprint density at radius 3 is 2.80 bits per heavy atom. The van der Waals surface area contributed by atoms with E-state index in [4.69, 9.17) is 4.42 Å². The fourth-order valence-corrected chi connectivity index (χ4v) is 5.32. The number of phenols is 1. The third kappa shape index (κ3) is 2.19. The predicted molar refractivity (Wildman–Crippen MR) is 92.1 cm³/mol. The van der Waals surface area contributed by atoms with E-state index < -0.39 is 11.2 Å². The molecule has 1 heterocycles. The van der Waals surface area contributed by atoms with Crippen LogP contribution in [0.5, 0.6) is 5.75 Å². The minimum atomic E-state index is -1.49. The second-order valence-electron chi connectivity index (χ2n) is 7.94. The number of hydrogen-bond acceptors (Lipinski definition) is 5. The first-order chi connectivity index (χ1) is 11.8. The molecule has 0 bridgehead atoms. The molecule has 4 rings (SSSR count). The lowest BCUT2D eigenvalue weighted by Crippen LogP contribution is -2.62. The molecule has 1 aromatic carbocycles. The van der Waals surface area contributed by atoms with Crippen LogP contribution in [0.15, 0.2) is 35.1 Å². The lowest BCUT2D eigenvalue weighted by atomic mass is 9.49. The van der Waals surface area contributed by atoms with Gasteiger partial charge in [0.1, 0.15) is 17.6 Å². The molecule has 2 aliphatic rings. The summed E-state index contributed by atoms with van der Waals surface area (Å²) in [7, 11) is 0. The van der Waals surface area contributed by atoms with Gasteiger partial charge in [0.25, 0.3) is 0 Å². The molecule has 4 atom stereocenters. The fraction of sp³-hybridized carbons (Fsp3) is 0.550. The zero-order valence-corrected chi connectivity index (χ0v) is 14.7. The zero-order valence-electron chi connectivity index (χ0n) is 14.7. The van der Waals surface area contributed by atoms with E-state index in [0.29, 0.717) is 12.8 Å². The van der Waals surface area contributed by atoms with Crippen LogP contribution < -0.4 is 0 Å². The first-order valence-electron chi connectivity index (χ1n) is 8.99. The van der Waals surface area contributed by atoms with E-state index in [1.165, 1.54) is 18.0 Å². The van der Waals surface area contributed by atoms with Gasteiger partial charge >= 0.3 is 0 Å². The smallest absolute Gasteiger partial charge is 0.229 e. The number of phenolic OH excluding ortho intramolecular Hbond substituents is 1. The van der Waals surface area contributed by atoms with Crippen molar-refractivity contribution in [1.29, 1.82) is 0 Å². The van der Waals surface area contributed by atoms with Crippen molar-refractivity contribution in [1.82, 2.24) is 4.98 Å². The van der Waals surface area contributed by atoms with Crippen LogP contribution >= 0.6 is 0 Å². The van der Waals surface area contributed by atoms with Crippen LogP contribution in [0.3, 0.4) is 0 Å². The largest absolute Gasteiger partial charge is 0.508 e. The van der Waals surface area contributed by atoms with Crippen molar-refractivity contribution < 1.29 is 19.7 Å². The van der Waals surface area contributed by atoms with E-state index in [2.05, 4.69) is 11.9 Å². The summed E-state index contributed by atoms with van der Waals surface area (Å²) in [5.41, 5.74) is -0.733. The Kier molecular flexibility index (Phi) is 3.54. The van der Waals surface area contributed by atoms with Gasteiger partial charge in [-0.3, -0.25) is 0 Å². The van der Waals surface area contributed by atoms with Gasteiger partial charge in [-0.05, 0) is 68.2 Å². The molecule has 1 saturated carbocycles. The summed E-state index contributed by atoms with van der Waals surface area (Å²) in [5.74, 6) is 0.688. The molecule has 2 aliphatic carbocycles. The standard InChI is InChI=1S/C20H25NO4/c1-3-19-12-18(2,23)20(24,17-21-8-9-25-17)11-14(19)5-4-13-10-15(22)6-7-16(13)19/h6-10,14,22-24H,3-5,11-12H2,1-2H3/t14-,18?,19?,20?/m1/s1. The molecule has 5 heteroatoms. The summed E-state index contributed by atoms with van der Waals surface area (Å²) in [5, 5.41) is 32.5. The quantitative estimate of drug-likeness (QED) is 0.780. The number of hydrogen-bond donors (Lipinski definition) is 3. The first-order valence-corrected chi connectivity index (χ1v) is 8.99. The first kappa shape index (κ1) is 16.6. The zero-order chi connectivity index (χ0) is 17.9. The van der Waals surface area contributed by atoms with Gasteiger partial charge in [-0.2, -0.15) is 0 Å². The molecule has 0 amide bonds.